The number of amides is 2. The Balaban J connectivity index is 0.948. The molecule has 8 rings (SSSR count). The third kappa shape index (κ3) is 5.86. The molecule has 2 aromatic carbocycles. The SMILES string of the molecule is C=C1C[C@@H](c2nc3ccc(C#Cc4ccc(-c5cnc([C@@H]6CCCN6C(=O)[C@H]6CCCO6)[nH]5)cc4)cc3[nH]2)N(C(=O)[C@@H]2CCCO2)C1. The Morgan fingerprint density at radius 3 is 2.30 bits per heavy atom. The Bertz CT molecular complexity index is 1890. The van der Waals surface area contributed by atoms with E-state index >= 15 is 0 Å². The summed E-state index contributed by atoms with van der Waals surface area (Å²) < 4.78 is 11.3. The van der Waals surface area contributed by atoms with E-state index in [1.54, 1.807) is 0 Å². The van der Waals surface area contributed by atoms with Crippen LogP contribution in [-0.2, 0) is 19.1 Å². The van der Waals surface area contributed by atoms with Crippen molar-refractivity contribution in [3.05, 3.63) is 83.6 Å². The Labute approximate surface area is 273 Å². The van der Waals surface area contributed by atoms with Gasteiger partial charge in [0.1, 0.15) is 23.9 Å². The molecule has 0 radical (unpaired) electrons. The number of H-pyrrole nitrogens is 2. The first-order valence-corrected chi connectivity index (χ1v) is 16.7. The molecule has 0 bridgehead atoms. The second-order valence-electron chi connectivity index (χ2n) is 13.0. The summed E-state index contributed by atoms with van der Waals surface area (Å²) in [7, 11) is 0. The number of fused-ring (bicyclic) bond motifs is 1. The van der Waals surface area contributed by atoms with Crippen LogP contribution in [0, 0.1) is 11.8 Å². The molecular formula is C37H38N6O4. The van der Waals surface area contributed by atoms with Gasteiger partial charge in [-0.1, -0.05) is 36.1 Å². The maximum Gasteiger partial charge on any atom is 0.252 e. The van der Waals surface area contributed by atoms with E-state index in [1.165, 1.54) is 0 Å². The predicted octanol–water partition coefficient (Wildman–Crippen LogP) is 5.20. The fourth-order valence-electron chi connectivity index (χ4n) is 7.30. The van der Waals surface area contributed by atoms with Gasteiger partial charge in [0.2, 0.25) is 0 Å². The van der Waals surface area contributed by atoms with Crippen LogP contribution in [0.15, 0.2) is 60.8 Å². The van der Waals surface area contributed by atoms with Gasteiger partial charge in [-0.05, 0) is 80.8 Å². The fourth-order valence-corrected chi connectivity index (χ4v) is 7.30. The van der Waals surface area contributed by atoms with Gasteiger partial charge in [0.15, 0.2) is 0 Å². The topological polar surface area (TPSA) is 116 Å². The van der Waals surface area contributed by atoms with Crippen molar-refractivity contribution >= 4 is 22.8 Å². The molecule has 6 heterocycles. The van der Waals surface area contributed by atoms with E-state index in [0.717, 1.165) is 95.7 Å². The third-order valence-electron chi connectivity index (χ3n) is 9.76. The second-order valence-corrected chi connectivity index (χ2v) is 13.0. The fraction of sp³-hybridized carbons (Fsp3) is 0.405. The minimum Gasteiger partial charge on any atom is -0.368 e. The van der Waals surface area contributed by atoms with Crippen LogP contribution in [0.1, 0.15) is 79.8 Å². The molecule has 10 nitrogen and oxygen atoms in total. The summed E-state index contributed by atoms with van der Waals surface area (Å²) in [6.07, 6.45) is 7.15. The van der Waals surface area contributed by atoms with Gasteiger partial charge in [-0.25, -0.2) is 9.97 Å². The molecule has 0 aliphatic carbocycles. The van der Waals surface area contributed by atoms with E-state index in [9.17, 15) is 9.59 Å². The molecule has 47 heavy (non-hydrogen) atoms. The van der Waals surface area contributed by atoms with E-state index in [2.05, 4.69) is 33.4 Å². The van der Waals surface area contributed by atoms with Gasteiger partial charge >= 0.3 is 0 Å². The molecule has 4 saturated heterocycles. The number of hydrogen-bond acceptors (Lipinski definition) is 6. The zero-order valence-corrected chi connectivity index (χ0v) is 26.3. The minimum absolute atomic E-state index is 0.0270. The summed E-state index contributed by atoms with van der Waals surface area (Å²) in [4.78, 5) is 46.4. The van der Waals surface area contributed by atoms with Crippen molar-refractivity contribution in [1.82, 2.24) is 29.7 Å². The highest BCUT2D eigenvalue weighted by atomic mass is 16.5. The van der Waals surface area contributed by atoms with E-state index in [4.69, 9.17) is 14.5 Å². The zero-order chi connectivity index (χ0) is 31.9. The highest BCUT2D eigenvalue weighted by Crippen LogP contribution is 2.36. The van der Waals surface area contributed by atoms with Crippen molar-refractivity contribution in [1.29, 1.82) is 0 Å². The second kappa shape index (κ2) is 12.5. The van der Waals surface area contributed by atoms with Crippen molar-refractivity contribution < 1.29 is 19.1 Å². The predicted molar refractivity (Wildman–Crippen MR) is 176 cm³/mol. The Kier molecular flexibility index (Phi) is 7.87. The first-order valence-electron chi connectivity index (χ1n) is 16.7. The number of rotatable bonds is 5. The van der Waals surface area contributed by atoms with Crippen molar-refractivity contribution in [3.63, 3.8) is 0 Å². The Hall–Kier alpha value is -4.72. The van der Waals surface area contributed by atoms with Gasteiger partial charge < -0.3 is 29.2 Å². The largest absolute Gasteiger partial charge is 0.368 e. The number of ether oxygens (including phenoxy) is 2. The van der Waals surface area contributed by atoms with Crippen LogP contribution < -0.4 is 0 Å². The lowest BCUT2D eigenvalue weighted by Crippen LogP contribution is -2.38. The summed E-state index contributed by atoms with van der Waals surface area (Å²) in [6.45, 7) is 6.74. The molecule has 2 N–H and O–H groups in total. The Morgan fingerprint density at radius 1 is 0.830 bits per heavy atom. The first kappa shape index (κ1) is 29.7. The van der Waals surface area contributed by atoms with Crippen LogP contribution in [0.25, 0.3) is 22.3 Å². The lowest BCUT2D eigenvalue weighted by Gasteiger charge is -2.25. The van der Waals surface area contributed by atoms with Crippen LogP contribution in [0.4, 0.5) is 0 Å². The molecule has 4 aliphatic heterocycles. The quantitative estimate of drug-likeness (QED) is 0.231. The van der Waals surface area contributed by atoms with Gasteiger partial charge in [-0.3, -0.25) is 9.59 Å². The van der Waals surface area contributed by atoms with Crippen molar-refractivity contribution in [2.24, 2.45) is 0 Å². The molecular weight excluding hydrogens is 592 g/mol. The molecule has 0 saturated carbocycles. The summed E-state index contributed by atoms with van der Waals surface area (Å²) in [5.74, 6) is 8.26. The molecule has 4 aromatic rings. The molecule has 10 heteroatoms. The van der Waals surface area contributed by atoms with Crippen molar-refractivity contribution in [2.45, 2.75) is 69.2 Å². The summed E-state index contributed by atoms with van der Waals surface area (Å²) in [5.41, 5.74) is 6.45. The normalized spacial score (nSPS) is 24.3. The standard InChI is InChI=1S/C37H38N6O4/c1-23-19-31(43(22-23)37(45)33-7-4-18-47-33)35-39-27-15-12-25(20-28(27)40-35)9-8-24-10-13-26(14-11-24)29-21-38-34(41-29)30-5-2-16-42(30)36(44)32-6-3-17-46-32/h10-15,20-21,30-33H,1-7,16-19,22H2,(H,38,41)(H,39,40)/t30-,31-,32+,33-/m0/s1. The number of likely N-dealkylation sites (tertiary alicyclic amines) is 2. The van der Waals surface area contributed by atoms with Crippen molar-refractivity contribution in [3.8, 4) is 23.1 Å². The van der Waals surface area contributed by atoms with Crippen LogP contribution in [-0.4, -0.2) is 80.1 Å². The van der Waals surface area contributed by atoms with Crippen LogP contribution >= 0.6 is 0 Å². The van der Waals surface area contributed by atoms with Gasteiger partial charge in [0.05, 0.1) is 35.0 Å². The van der Waals surface area contributed by atoms with Gasteiger partial charge in [0, 0.05) is 37.4 Å². The molecule has 4 aliphatic rings. The lowest BCUT2D eigenvalue weighted by atomic mass is 10.1. The molecule has 240 valence electrons. The van der Waals surface area contributed by atoms with E-state index < -0.39 is 0 Å². The average Bonchev–Trinajstić information content (AvgIpc) is 3.94. The monoisotopic (exact) mass is 630 g/mol. The number of aromatic amines is 2. The maximum absolute atomic E-state index is 13.2. The number of hydrogen-bond donors (Lipinski definition) is 2. The number of aromatic nitrogens is 4. The summed E-state index contributed by atoms with van der Waals surface area (Å²) in [5, 5.41) is 0. The van der Waals surface area contributed by atoms with E-state index in [0.29, 0.717) is 26.2 Å². The van der Waals surface area contributed by atoms with Crippen LogP contribution in [0.2, 0.25) is 0 Å². The van der Waals surface area contributed by atoms with Gasteiger partial charge in [-0.15, -0.1) is 0 Å². The molecule has 4 atom stereocenters. The molecule has 2 amide bonds. The van der Waals surface area contributed by atoms with E-state index in [1.807, 2.05) is 58.5 Å². The van der Waals surface area contributed by atoms with E-state index in [-0.39, 0.29) is 36.1 Å². The highest BCUT2D eigenvalue weighted by Gasteiger charge is 2.39. The minimum atomic E-state index is -0.364. The smallest absolute Gasteiger partial charge is 0.252 e. The highest BCUT2D eigenvalue weighted by molar-refractivity contribution is 5.83. The maximum atomic E-state index is 13.2. The summed E-state index contributed by atoms with van der Waals surface area (Å²) in [6, 6.07) is 13.8. The zero-order valence-electron chi connectivity index (χ0n) is 26.3. The number of benzene rings is 2. The number of nitrogens with zero attached hydrogens (tertiary/aromatic N) is 4. The summed E-state index contributed by atoms with van der Waals surface area (Å²) >= 11 is 0. The van der Waals surface area contributed by atoms with Crippen LogP contribution in [0.5, 0.6) is 0 Å². The number of carbonyl (C=O) groups excluding carboxylic acids is 2. The first-order chi connectivity index (χ1) is 23.0. The number of imidazole rings is 2. The molecule has 0 unspecified atom stereocenters. The van der Waals surface area contributed by atoms with Crippen LogP contribution in [0.3, 0.4) is 0 Å². The molecule has 2 aromatic heterocycles. The average molecular weight is 631 g/mol. The molecule has 0 spiro atoms. The van der Waals surface area contributed by atoms with Gasteiger partial charge in [-0.2, -0.15) is 0 Å². The number of carbonyl (C=O) groups is 2. The van der Waals surface area contributed by atoms with Crippen molar-refractivity contribution in [2.75, 3.05) is 26.3 Å². The molecule has 4 fully saturated rings. The number of nitrogens with one attached hydrogen (secondary N) is 2. The Morgan fingerprint density at radius 2 is 1.55 bits per heavy atom. The lowest BCUT2D eigenvalue weighted by molar-refractivity contribution is -0.142. The third-order valence-corrected chi connectivity index (χ3v) is 9.76. The van der Waals surface area contributed by atoms with Gasteiger partial charge in [0.25, 0.3) is 11.8 Å².